The predicted molar refractivity (Wildman–Crippen MR) is 86.3 cm³/mol. The summed E-state index contributed by atoms with van der Waals surface area (Å²) < 4.78 is 0. The van der Waals surface area contributed by atoms with Gasteiger partial charge in [-0.3, -0.25) is 4.90 Å². The minimum absolute atomic E-state index is 0.265. The van der Waals surface area contributed by atoms with Gasteiger partial charge in [-0.05, 0) is 37.8 Å². The third-order valence-electron chi connectivity index (χ3n) is 4.41. The number of hydrogen-bond acceptors (Lipinski definition) is 4. The Kier molecular flexibility index (Phi) is 4.80. The number of β-amino-alcohol motifs (C(OH)–C–C–N with tert-alkyl or cyclic N) is 1. The maximum Gasteiger partial charge on any atom is 0.115 e. The van der Waals surface area contributed by atoms with Crippen molar-refractivity contribution in [1.29, 1.82) is 0 Å². The number of aryl methyl sites for hydroxylation is 1. The highest BCUT2D eigenvalue weighted by molar-refractivity contribution is 5.22. The fourth-order valence-electron chi connectivity index (χ4n) is 3.24. The number of hydrogen-bond donors (Lipinski definition) is 1. The van der Waals surface area contributed by atoms with Gasteiger partial charge in [-0.2, -0.15) is 0 Å². The Labute approximate surface area is 131 Å². The normalized spacial score (nSPS) is 22.6. The minimum atomic E-state index is -0.265. The van der Waals surface area contributed by atoms with Crippen molar-refractivity contribution in [3.05, 3.63) is 59.7 Å². The van der Waals surface area contributed by atoms with Crippen LogP contribution in [0.1, 0.15) is 23.1 Å². The van der Waals surface area contributed by atoms with Gasteiger partial charge in [0.05, 0.1) is 6.10 Å². The molecule has 2 atom stereocenters. The van der Waals surface area contributed by atoms with E-state index in [9.17, 15) is 5.11 Å². The molecule has 0 amide bonds. The molecule has 4 heteroatoms. The van der Waals surface area contributed by atoms with Gasteiger partial charge in [0.25, 0.3) is 0 Å². The average Bonchev–Trinajstić information content (AvgIpc) is 2.51. The predicted octanol–water partition coefficient (Wildman–Crippen LogP) is 2.21. The zero-order valence-corrected chi connectivity index (χ0v) is 13.0. The van der Waals surface area contributed by atoms with E-state index in [4.69, 9.17) is 0 Å². The fourth-order valence-corrected chi connectivity index (χ4v) is 3.24. The summed E-state index contributed by atoms with van der Waals surface area (Å²) in [5.41, 5.74) is 3.72. The minimum Gasteiger partial charge on any atom is -0.391 e. The molecule has 0 aliphatic carbocycles. The topological polar surface area (TPSA) is 49.2 Å². The summed E-state index contributed by atoms with van der Waals surface area (Å²) in [6.07, 6.45) is 6.97. The van der Waals surface area contributed by atoms with Crippen LogP contribution in [0.4, 0.5) is 0 Å². The molecule has 1 aromatic carbocycles. The summed E-state index contributed by atoms with van der Waals surface area (Å²) >= 11 is 0. The molecule has 22 heavy (non-hydrogen) atoms. The van der Waals surface area contributed by atoms with Gasteiger partial charge >= 0.3 is 0 Å². The third-order valence-corrected chi connectivity index (χ3v) is 4.41. The van der Waals surface area contributed by atoms with E-state index in [-0.39, 0.29) is 6.10 Å². The Morgan fingerprint density at radius 1 is 1.23 bits per heavy atom. The molecule has 1 aliphatic rings. The molecule has 3 rings (SSSR count). The molecule has 0 bridgehead atoms. The summed E-state index contributed by atoms with van der Waals surface area (Å²) in [6.45, 7) is 4.67. The summed E-state index contributed by atoms with van der Waals surface area (Å²) in [4.78, 5) is 10.4. The van der Waals surface area contributed by atoms with Gasteiger partial charge in [0.1, 0.15) is 6.33 Å². The first-order valence-corrected chi connectivity index (χ1v) is 7.90. The van der Waals surface area contributed by atoms with Crippen molar-refractivity contribution in [2.45, 2.75) is 32.4 Å². The van der Waals surface area contributed by atoms with E-state index in [1.54, 1.807) is 6.33 Å². The van der Waals surface area contributed by atoms with Crippen LogP contribution in [0.5, 0.6) is 0 Å². The van der Waals surface area contributed by atoms with Gasteiger partial charge < -0.3 is 5.11 Å². The molecule has 0 radical (unpaired) electrons. The van der Waals surface area contributed by atoms with Gasteiger partial charge in [0.2, 0.25) is 0 Å². The maximum absolute atomic E-state index is 10.5. The van der Waals surface area contributed by atoms with E-state index < -0.39 is 0 Å². The lowest BCUT2D eigenvalue weighted by Gasteiger charge is -2.36. The van der Waals surface area contributed by atoms with Crippen LogP contribution in [0.3, 0.4) is 0 Å². The summed E-state index contributed by atoms with van der Waals surface area (Å²) in [5, 5.41) is 10.5. The van der Waals surface area contributed by atoms with Gasteiger partial charge in [-0.15, -0.1) is 0 Å². The average molecular weight is 297 g/mol. The van der Waals surface area contributed by atoms with Crippen LogP contribution in [-0.4, -0.2) is 39.2 Å². The molecule has 1 N–H and O–H groups in total. The van der Waals surface area contributed by atoms with Crippen molar-refractivity contribution in [3.8, 4) is 0 Å². The lowest BCUT2D eigenvalue weighted by molar-refractivity contribution is 0.0187. The molecule has 0 saturated carbocycles. The van der Waals surface area contributed by atoms with Crippen LogP contribution in [0.2, 0.25) is 0 Å². The second-order valence-electron chi connectivity index (χ2n) is 6.29. The molecular weight excluding hydrogens is 274 g/mol. The number of aromatic nitrogens is 2. The van der Waals surface area contributed by atoms with E-state index in [1.165, 1.54) is 11.1 Å². The number of nitrogens with zero attached hydrogens (tertiary/aromatic N) is 3. The molecule has 2 heterocycles. The number of aliphatic hydroxyl groups is 1. The Morgan fingerprint density at radius 2 is 2.05 bits per heavy atom. The van der Waals surface area contributed by atoms with Crippen molar-refractivity contribution in [2.75, 3.05) is 13.1 Å². The SMILES string of the molecule is Cc1cccc(C[C@H]2CCN(Cc3cncnc3)C[C@H]2O)c1. The van der Waals surface area contributed by atoms with E-state index in [0.717, 1.165) is 38.0 Å². The first-order valence-electron chi connectivity index (χ1n) is 7.90. The molecule has 1 fully saturated rings. The van der Waals surface area contributed by atoms with E-state index in [2.05, 4.69) is 46.1 Å². The van der Waals surface area contributed by atoms with Gasteiger partial charge in [0.15, 0.2) is 0 Å². The van der Waals surface area contributed by atoms with Crippen LogP contribution in [-0.2, 0) is 13.0 Å². The smallest absolute Gasteiger partial charge is 0.115 e. The Morgan fingerprint density at radius 3 is 2.77 bits per heavy atom. The summed E-state index contributed by atoms with van der Waals surface area (Å²) in [6, 6.07) is 8.60. The number of rotatable bonds is 4. The van der Waals surface area contributed by atoms with Crippen LogP contribution >= 0.6 is 0 Å². The quantitative estimate of drug-likeness (QED) is 0.940. The highest BCUT2D eigenvalue weighted by atomic mass is 16.3. The van der Waals surface area contributed by atoms with E-state index in [1.807, 2.05) is 12.4 Å². The first-order chi connectivity index (χ1) is 10.7. The van der Waals surface area contributed by atoms with Crippen LogP contribution in [0, 0.1) is 12.8 Å². The van der Waals surface area contributed by atoms with E-state index in [0.29, 0.717) is 5.92 Å². The standard InChI is InChI=1S/C18H23N3O/c1-14-3-2-4-15(7-14)8-17-5-6-21(12-18(17)22)11-16-9-19-13-20-10-16/h2-4,7,9-10,13,17-18,22H,5-6,8,11-12H2,1H3/t17-,18-/m1/s1. The highest BCUT2D eigenvalue weighted by Gasteiger charge is 2.27. The molecule has 1 aromatic heterocycles. The van der Waals surface area contributed by atoms with Crippen molar-refractivity contribution in [3.63, 3.8) is 0 Å². The molecule has 0 unspecified atom stereocenters. The molecular formula is C18H23N3O. The fraction of sp³-hybridized carbons (Fsp3) is 0.444. The highest BCUT2D eigenvalue weighted by Crippen LogP contribution is 2.23. The number of likely N-dealkylation sites (tertiary alicyclic amines) is 1. The Bertz CT molecular complexity index is 602. The molecule has 4 nitrogen and oxygen atoms in total. The summed E-state index contributed by atoms with van der Waals surface area (Å²) in [7, 11) is 0. The lowest BCUT2D eigenvalue weighted by Crippen LogP contribution is -2.44. The second-order valence-corrected chi connectivity index (χ2v) is 6.29. The molecule has 2 aromatic rings. The van der Waals surface area contributed by atoms with Crippen molar-refractivity contribution < 1.29 is 5.11 Å². The Hall–Kier alpha value is -1.78. The molecule has 1 saturated heterocycles. The monoisotopic (exact) mass is 297 g/mol. The summed E-state index contributed by atoms with van der Waals surface area (Å²) in [5.74, 6) is 0.352. The molecule has 0 spiro atoms. The van der Waals surface area contributed by atoms with Crippen molar-refractivity contribution in [2.24, 2.45) is 5.92 Å². The van der Waals surface area contributed by atoms with E-state index >= 15 is 0 Å². The van der Waals surface area contributed by atoms with Crippen LogP contribution in [0.15, 0.2) is 43.0 Å². The zero-order chi connectivity index (χ0) is 15.4. The zero-order valence-electron chi connectivity index (χ0n) is 13.0. The lowest BCUT2D eigenvalue weighted by atomic mass is 9.87. The first kappa shape index (κ1) is 15.1. The van der Waals surface area contributed by atoms with Crippen molar-refractivity contribution >= 4 is 0 Å². The second kappa shape index (κ2) is 6.99. The van der Waals surface area contributed by atoms with Gasteiger partial charge in [-0.1, -0.05) is 29.8 Å². The maximum atomic E-state index is 10.5. The van der Waals surface area contributed by atoms with Crippen LogP contribution < -0.4 is 0 Å². The van der Waals surface area contributed by atoms with Gasteiger partial charge in [-0.25, -0.2) is 9.97 Å². The van der Waals surface area contributed by atoms with Crippen LogP contribution in [0.25, 0.3) is 0 Å². The number of aliphatic hydroxyl groups excluding tert-OH is 1. The third kappa shape index (κ3) is 3.90. The molecule has 1 aliphatic heterocycles. The number of piperidine rings is 1. The van der Waals surface area contributed by atoms with Gasteiger partial charge in [0, 0.05) is 31.0 Å². The number of benzene rings is 1. The largest absolute Gasteiger partial charge is 0.391 e. The Balaban J connectivity index is 1.56. The molecule has 116 valence electrons. The van der Waals surface area contributed by atoms with Crippen molar-refractivity contribution in [1.82, 2.24) is 14.9 Å².